The topological polar surface area (TPSA) is 92.6 Å². The third-order valence-corrected chi connectivity index (χ3v) is 3.92. The lowest BCUT2D eigenvalue weighted by Gasteiger charge is -2.17. The summed E-state index contributed by atoms with van der Waals surface area (Å²) < 4.78 is 0. The van der Waals surface area contributed by atoms with Crippen LogP contribution < -0.4 is 5.32 Å². The molecule has 7 heteroatoms. The second-order valence-electron chi connectivity index (χ2n) is 5.35. The predicted octanol–water partition coefficient (Wildman–Crippen LogP) is 1.53. The minimum atomic E-state index is -0.455. The van der Waals surface area contributed by atoms with Gasteiger partial charge in [0.25, 0.3) is 5.69 Å². The van der Waals surface area contributed by atoms with Crippen LogP contribution in [-0.2, 0) is 16.1 Å². The molecule has 2 unspecified atom stereocenters. The maximum absolute atomic E-state index is 11.9. The molecule has 0 aromatic heterocycles. The van der Waals surface area contributed by atoms with Gasteiger partial charge in [-0.1, -0.05) is 6.07 Å². The first kappa shape index (κ1) is 13.5. The summed E-state index contributed by atoms with van der Waals surface area (Å²) in [4.78, 5) is 35.6. The lowest BCUT2D eigenvalue weighted by Crippen LogP contribution is -2.32. The number of nitro benzene ring substituents is 1. The number of nitrogens with one attached hydrogen (secondary N) is 1. The summed E-state index contributed by atoms with van der Waals surface area (Å²) in [7, 11) is 0. The molecule has 0 bridgehead atoms. The quantitative estimate of drug-likeness (QED) is 0.504. The molecular weight excluding hydrogens is 274 g/mol. The fraction of sp³-hybridized carbons (Fsp3) is 0.429. The maximum atomic E-state index is 11.9. The molecule has 1 saturated carbocycles. The van der Waals surface area contributed by atoms with Gasteiger partial charge >= 0.3 is 0 Å². The van der Waals surface area contributed by atoms with Crippen molar-refractivity contribution in [2.24, 2.45) is 11.8 Å². The summed E-state index contributed by atoms with van der Waals surface area (Å²) in [5, 5.41) is 13.9. The van der Waals surface area contributed by atoms with E-state index in [0.717, 1.165) is 0 Å². The summed E-state index contributed by atoms with van der Waals surface area (Å²) in [5.41, 5.74) is 1.10. The molecule has 1 saturated heterocycles. The standard InChI is InChI=1S/C14H15N3O4/c1-2-15-11-5-8(3-4-12(11)17(20)21)7-16-13(18)9-6-10(9)14(16)19/h3-5,9-10,15H,2,6-7H2,1H3. The van der Waals surface area contributed by atoms with Crippen LogP contribution in [0.5, 0.6) is 0 Å². The second-order valence-corrected chi connectivity index (χ2v) is 5.35. The summed E-state index contributed by atoms with van der Waals surface area (Å²) in [6.45, 7) is 2.58. The molecule has 2 atom stereocenters. The number of benzene rings is 1. The van der Waals surface area contributed by atoms with Gasteiger partial charge in [0.2, 0.25) is 11.8 Å². The van der Waals surface area contributed by atoms with Crippen molar-refractivity contribution in [2.45, 2.75) is 19.9 Å². The van der Waals surface area contributed by atoms with Crippen LogP contribution in [0.4, 0.5) is 11.4 Å². The lowest BCUT2D eigenvalue weighted by atomic mass is 10.1. The van der Waals surface area contributed by atoms with E-state index in [1.807, 2.05) is 6.92 Å². The van der Waals surface area contributed by atoms with Gasteiger partial charge < -0.3 is 5.32 Å². The molecule has 21 heavy (non-hydrogen) atoms. The Bertz CT molecular complexity index is 623. The summed E-state index contributed by atoms with van der Waals surface area (Å²) in [6, 6.07) is 4.62. The fourth-order valence-electron chi connectivity index (χ4n) is 2.76. The van der Waals surface area contributed by atoms with Crippen LogP contribution in [0.25, 0.3) is 0 Å². The van der Waals surface area contributed by atoms with Gasteiger partial charge in [0.1, 0.15) is 5.69 Å². The Balaban J connectivity index is 1.83. The van der Waals surface area contributed by atoms with Crippen molar-refractivity contribution in [3.63, 3.8) is 0 Å². The number of hydrogen-bond donors (Lipinski definition) is 1. The normalized spacial score (nSPS) is 23.2. The number of hydrogen-bond acceptors (Lipinski definition) is 5. The highest BCUT2D eigenvalue weighted by atomic mass is 16.6. The number of rotatable bonds is 5. The second kappa shape index (κ2) is 4.83. The molecule has 2 fully saturated rings. The molecule has 2 aliphatic rings. The number of amides is 2. The molecule has 1 N–H and O–H groups in total. The van der Waals surface area contributed by atoms with E-state index in [9.17, 15) is 19.7 Å². The van der Waals surface area contributed by atoms with Crippen LogP contribution in [0.3, 0.4) is 0 Å². The van der Waals surface area contributed by atoms with Gasteiger partial charge in [-0.25, -0.2) is 0 Å². The smallest absolute Gasteiger partial charge is 0.292 e. The van der Waals surface area contributed by atoms with Crippen LogP contribution in [-0.4, -0.2) is 28.2 Å². The number of piperidine rings is 1. The van der Waals surface area contributed by atoms with Gasteiger partial charge in [0.15, 0.2) is 0 Å². The molecule has 1 aliphatic heterocycles. The lowest BCUT2D eigenvalue weighted by molar-refractivity contribution is -0.384. The Morgan fingerprint density at radius 2 is 2.00 bits per heavy atom. The maximum Gasteiger partial charge on any atom is 0.292 e. The van der Waals surface area contributed by atoms with E-state index in [4.69, 9.17) is 0 Å². The number of imide groups is 1. The predicted molar refractivity (Wildman–Crippen MR) is 74.4 cm³/mol. The number of nitrogens with zero attached hydrogens (tertiary/aromatic N) is 2. The molecule has 1 aromatic carbocycles. The molecule has 1 heterocycles. The van der Waals surface area contributed by atoms with Crippen molar-refractivity contribution in [2.75, 3.05) is 11.9 Å². The van der Waals surface area contributed by atoms with Gasteiger partial charge in [-0.3, -0.25) is 24.6 Å². The molecule has 3 rings (SSSR count). The van der Waals surface area contributed by atoms with E-state index < -0.39 is 4.92 Å². The SMILES string of the molecule is CCNc1cc(CN2C(=O)C3CC3C2=O)ccc1[N+](=O)[O-]. The Labute approximate surface area is 121 Å². The molecule has 1 aromatic rings. The largest absolute Gasteiger partial charge is 0.380 e. The molecule has 1 aliphatic carbocycles. The van der Waals surface area contributed by atoms with Gasteiger partial charge in [-0.05, 0) is 25.0 Å². The third-order valence-electron chi connectivity index (χ3n) is 3.92. The Kier molecular flexibility index (Phi) is 3.12. The van der Waals surface area contributed by atoms with E-state index in [0.29, 0.717) is 24.2 Å². The van der Waals surface area contributed by atoms with Crippen LogP contribution in [0, 0.1) is 22.0 Å². The Morgan fingerprint density at radius 3 is 2.57 bits per heavy atom. The van der Waals surface area contributed by atoms with E-state index >= 15 is 0 Å². The number of anilines is 1. The van der Waals surface area contributed by atoms with Crippen molar-refractivity contribution in [3.05, 3.63) is 33.9 Å². The molecule has 0 spiro atoms. The van der Waals surface area contributed by atoms with Crippen LogP contribution >= 0.6 is 0 Å². The highest BCUT2D eigenvalue weighted by Crippen LogP contribution is 2.47. The van der Waals surface area contributed by atoms with E-state index in [1.54, 1.807) is 12.1 Å². The van der Waals surface area contributed by atoms with E-state index in [1.165, 1.54) is 11.0 Å². The average molecular weight is 289 g/mol. The monoisotopic (exact) mass is 289 g/mol. The van der Waals surface area contributed by atoms with Gasteiger partial charge in [-0.15, -0.1) is 0 Å². The third kappa shape index (κ3) is 2.24. The molecule has 0 radical (unpaired) electrons. The molecule has 2 amide bonds. The summed E-state index contributed by atoms with van der Waals surface area (Å²) in [6.07, 6.45) is 0.678. The first-order chi connectivity index (χ1) is 10.0. The van der Waals surface area contributed by atoms with Crippen LogP contribution in [0.1, 0.15) is 18.9 Å². The van der Waals surface area contributed by atoms with Crippen molar-refractivity contribution in [1.29, 1.82) is 0 Å². The number of likely N-dealkylation sites (tertiary alicyclic amines) is 1. The summed E-state index contributed by atoms with van der Waals surface area (Å²) in [5.74, 6) is -0.478. The van der Waals surface area contributed by atoms with Gasteiger partial charge in [0, 0.05) is 12.6 Å². The van der Waals surface area contributed by atoms with Crippen LogP contribution in [0.15, 0.2) is 18.2 Å². The van der Waals surface area contributed by atoms with Crippen molar-refractivity contribution < 1.29 is 14.5 Å². The first-order valence-electron chi connectivity index (χ1n) is 6.89. The Morgan fingerprint density at radius 1 is 1.33 bits per heavy atom. The zero-order valence-electron chi connectivity index (χ0n) is 11.5. The van der Waals surface area contributed by atoms with Crippen molar-refractivity contribution in [1.82, 2.24) is 4.90 Å². The zero-order valence-corrected chi connectivity index (χ0v) is 11.5. The van der Waals surface area contributed by atoms with E-state index in [2.05, 4.69) is 5.32 Å². The zero-order chi connectivity index (χ0) is 15.1. The van der Waals surface area contributed by atoms with Gasteiger partial charge in [0.05, 0.1) is 23.3 Å². The van der Waals surface area contributed by atoms with Crippen LogP contribution in [0.2, 0.25) is 0 Å². The number of carbonyl (C=O) groups is 2. The molecule has 7 nitrogen and oxygen atoms in total. The first-order valence-corrected chi connectivity index (χ1v) is 6.89. The highest BCUT2D eigenvalue weighted by molar-refractivity contribution is 6.08. The van der Waals surface area contributed by atoms with Crippen molar-refractivity contribution >= 4 is 23.2 Å². The van der Waals surface area contributed by atoms with E-state index in [-0.39, 0.29) is 35.9 Å². The highest BCUT2D eigenvalue weighted by Gasteiger charge is 2.58. The average Bonchev–Trinajstić information content (AvgIpc) is 3.19. The van der Waals surface area contributed by atoms with Crippen molar-refractivity contribution in [3.8, 4) is 0 Å². The molecule has 110 valence electrons. The number of nitro groups is 1. The minimum Gasteiger partial charge on any atom is -0.380 e. The number of carbonyl (C=O) groups excluding carboxylic acids is 2. The summed E-state index contributed by atoms with van der Waals surface area (Å²) >= 11 is 0. The fourth-order valence-corrected chi connectivity index (χ4v) is 2.76. The molecular formula is C14H15N3O4. The Hall–Kier alpha value is -2.44. The van der Waals surface area contributed by atoms with Gasteiger partial charge in [-0.2, -0.15) is 0 Å². The number of fused-ring (bicyclic) bond motifs is 1. The minimum absolute atomic E-state index is 0.0116.